The van der Waals surface area contributed by atoms with Crippen molar-refractivity contribution in [3.05, 3.63) is 53.6 Å². The van der Waals surface area contributed by atoms with Gasteiger partial charge in [0.05, 0.1) is 6.20 Å². The molecule has 0 aliphatic carbocycles. The van der Waals surface area contributed by atoms with Crippen molar-refractivity contribution in [3.8, 4) is 12.3 Å². The molecule has 1 aromatic heterocycles. The summed E-state index contributed by atoms with van der Waals surface area (Å²) in [5, 5.41) is 8.40. The molecule has 0 aliphatic heterocycles. The van der Waals surface area contributed by atoms with Crippen LogP contribution in [0.15, 0.2) is 36.5 Å². The maximum Gasteiger partial charge on any atom is 0.273 e. The van der Waals surface area contributed by atoms with E-state index in [-0.39, 0.29) is 5.91 Å². The smallest absolute Gasteiger partial charge is 0.273 e. The molecule has 2 rings (SSSR count). The lowest BCUT2D eigenvalue weighted by atomic mass is 10.2. The van der Waals surface area contributed by atoms with Gasteiger partial charge in [-0.05, 0) is 36.8 Å². The van der Waals surface area contributed by atoms with Gasteiger partial charge < -0.3 is 10.3 Å². The number of rotatable bonds is 4. The Morgan fingerprint density at radius 3 is 2.64 bits per heavy atom. The first-order valence-corrected chi connectivity index (χ1v) is 6.70. The van der Waals surface area contributed by atoms with E-state index in [1.54, 1.807) is 37.3 Å². The molecule has 0 bridgehead atoms. The van der Waals surface area contributed by atoms with E-state index in [1.807, 2.05) is 6.92 Å². The lowest BCUT2D eigenvalue weighted by molar-refractivity contribution is -0.112. The van der Waals surface area contributed by atoms with Gasteiger partial charge >= 0.3 is 0 Å². The van der Waals surface area contributed by atoms with Crippen LogP contribution in [0.3, 0.4) is 0 Å². The number of allylic oxidation sites excluding steroid dienone is 2. The van der Waals surface area contributed by atoms with Crippen molar-refractivity contribution >= 4 is 22.9 Å². The highest BCUT2D eigenvalue weighted by Crippen LogP contribution is 2.13. The summed E-state index contributed by atoms with van der Waals surface area (Å²) in [5.41, 5.74) is 3.33. The predicted molar refractivity (Wildman–Crippen MR) is 87.2 cm³/mol. The summed E-state index contributed by atoms with van der Waals surface area (Å²) in [6.07, 6.45) is 8.57. The van der Waals surface area contributed by atoms with Gasteiger partial charge in [0, 0.05) is 24.3 Å². The Hall–Kier alpha value is -3.13. The highest BCUT2D eigenvalue weighted by Gasteiger charge is 2.11. The number of carbonyl (C=O) groups excluding carboxylic acids is 1. The Bertz CT molecular complexity index is 776. The van der Waals surface area contributed by atoms with Crippen molar-refractivity contribution in [2.45, 2.75) is 13.8 Å². The molecule has 0 unspecified atom stereocenters. The van der Waals surface area contributed by atoms with Crippen LogP contribution in [0, 0.1) is 12.3 Å². The minimum atomic E-state index is -0.270. The Labute approximate surface area is 129 Å². The third kappa shape index (κ3) is 3.70. The maximum absolute atomic E-state index is 12.2. The molecule has 0 spiro atoms. The van der Waals surface area contributed by atoms with Crippen LogP contribution in [0.5, 0.6) is 0 Å². The van der Waals surface area contributed by atoms with Gasteiger partial charge in [-0.3, -0.25) is 10.2 Å². The molecular formula is C17H17N4O+. The Morgan fingerprint density at radius 1 is 1.36 bits per heavy atom. The number of nitrogens with zero attached hydrogens (tertiary/aromatic N) is 1. The molecule has 1 aromatic carbocycles. The number of amides is 1. The number of aromatic amines is 1. The average Bonchev–Trinajstić information content (AvgIpc) is 2.97. The van der Waals surface area contributed by atoms with E-state index in [4.69, 9.17) is 11.8 Å². The Balaban J connectivity index is 2.12. The molecule has 5 nitrogen and oxygen atoms in total. The topological polar surface area (TPSA) is 83.4 Å². The van der Waals surface area contributed by atoms with E-state index in [0.717, 1.165) is 11.1 Å². The largest absolute Gasteiger partial charge is 0.334 e. The fraction of sp³-hybridized carbons (Fsp3) is 0.118. The fourth-order valence-electron chi connectivity index (χ4n) is 1.90. The maximum atomic E-state index is 12.2. The zero-order valence-electron chi connectivity index (χ0n) is 12.5. The number of nitrogens with two attached hydrogens (primary N) is 1. The lowest BCUT2D eigenvalue weighted by Gasteiger charge is -2.03. The second kappa shape index (κ2) is 6.55. The molecule has 0 fully saturated rings. The zero-order chi connectivity index (χ0) is 16.1. The molecule has 1 heterocycles. The third-order valence-corrected chi connectivity index (χ3v) is 2.95. The number of imidazole rings is 1. The van der Waals surface area contributed by atoms with Crippen LogP contribution in [-0.2, 0) is 0 Å². The van der Waals surface area contributed by atoms with E-state index in [0.29, 0.717) is 22.9 Å². The molecule has 1 amide bonds. The Morgan fingerprint density at radius 2 is 2.05 bits per heavy atom. The quantitative estimate of drug-likeness (QED) is 0.586. The molecule has 0 radical (unpaired) electrons. The van der Waals surface area contributed by atoms with Gasteiger partial charge in [-0.1, -0.05) is 5.92 Å². The fourth-order valence-corrected chi connectivity index (χ4v) is 1.90. The molecule has 2 aromatic rings. The number of hydrogen-bond donors (Lipinski definition) is 3. The molecule has 110 valence electrons. The summed E-state index contributed by atoms with van der Waals surface area (Å²) in [6.45, 7) is 3.66. The van der Waals surface area contributed by atoms with Crippen molar-refractivity contribution in [1.82, 2.24) is 9.97 Å². The Kier molecular flexibility index (Phi) is 4.54. The first-order chi connectivity index (χ1) is 10.5. The summed E-state index contributed by atoms with van der Waals surface area (Å²) in [7, 11) is 0. The van der Waals surface area contributed by atoms with E-state index >= 15 is 0 Å². The number of carbonyl (C=O) groups is 1. The van der Waals surface area contributed by atoms with Gasteiger partial charge in [0.1, 0.15) is 11.5 Å². The van der Waals surface area contributed by atoms with Crippen LogP contribution in [0.25, 0.3) is 5.57 Å². The highest BCUT2D eigenvalue weighted by atomic mass is 16.1. The van der Waals surface area contributed by atoms with Crippen LogP contribution in [0.2, 0.25) is 0 Å². The number of nitrogens with one attached hydrogen (secondary N) is 2. The third-order valence-electron chi connectivity index (χ3n) is 2.95. The average molecular weight is 293 g/mol. The molecule has 0 aliphatic rings. The van der Waals surface area contributed by atoms with E-state index in [9.17, 15) is 4.79 Å². The zero-order valence-corrected chi connectivity index (χ0v) is 12.5. The number of hydrogen-bond acceptors (Lipinski definition) is 2. The van der Waals surface area contributed by atoms with Crippen LogP contribution < -0.4 is 10.7 Å². The van der Waals surface area contributed by atoms with Gasteiger partial charge in [0.15, 0.2) is 5.71 Å². The number of terminal acetylenes is 1. The van der Waals surface area contributed by atoms with E-state index in [2.05, 4.69) is 21.2 Å². The normalized spacial score (nSPS) is 10.9. The van der Waals surface area contributed by atoms with Crippen LogP contribution in [0.1, 0.15) is 35.7 Å². The van der Waals surface area contributed by atoms with Gasteiger partial charge in [0.25, 0.3) is 5.91 Å². The number of anilines is 1. The highest BCUT2D eigenvalue weighted by molar-refractivity contribution is 6.03. The molecule has 5 heteroatoms. The van der Waals surface area contributed by atoms with Gasteiger partial charge in [-0.25, -0.2) is 4.98 Å². The standard InChI is InChI=1S/C17H16N4O/c1-4-13-5-7-14(8-6-13)20-17(22)15-10-19-16(21-15)11(2)9-12(3)18/h1,5-10,18H,2-3H3,(H,19,21)(H,20,22)/p+1/b11-9-,18-12?. The molecule has 22 heavy (non-hydrogen) atoms. The van der Waals surface area contributed by atoms with Crippen LogP contribution in [0.4, 0.5) is 5.69 Å². The minimum Gasteiger partial charge on any atom is -0.334 e. The van der Waals surface area contributed by atoms with Gasteiger partial charge in [-0.2, -0.15) is 0 Å². The predicted octanol–water partition coefficient (Wildman–Crippen LogP) is 1.27. The second-order valence-corrected chi connectivity index (χ2v) is 4.89. The van der Waals surface area contributed by atoms with Crippen LogP contribution >= 0.6 is 0 Å². The van der Waals surface area contributed by atoms with Crippen molar-refractivity contribution in [2.24, 2.45) is 0 Å². The molecule has 0 atom stereocenters. The summed E-state index contributed by atoms with van der Waals surface area (Å²) in [5.74, 6) is 2.86. The first-order valence-electron chi connectivity index (χ1n) is 6.70. The number of H-pyrrole nitrogens is 1. The summed E-state index contributed by atoms with van der Waals surface area (Å²) in [4.78, 5) is 19.3. The number of benzene rings is 1. The monoisotopic (exact) mass is 293 g/mol. The van der Waals surface area contributed by atoms with Crippen LogP contribution in [-0.4, -0.2) is 21.6 Å². The van der Waals surface area contributed by atoms with Crippen molar-refractivity contribution in [1.29, 1.82) is 0 Å². The van der Waals surface area contributed by atoms with E-state index < -0.39 is 0 Å². The lowest BCUT2D eigenvalue weighted by Crippen LogP contribution is -2.36. The molecular weight excluding hydrogens is 276 g/mol. The summed E-state index contributed by atoms with van der Waals surface area (Å²) in [6, 6.07) is 7.03. The SMILES string of the molecule is C#Cc1ccc(NC(=O)c2cnc(/C(C)=C\C(C)=[NH2+])[nH]2)cc1. The van der Waals surface area contributed by atoms with Gasteiger partial charge in [-0.15, -0.1) is 6.42 Å². The van der Waals surface area contributed by atoms with Crippen molar-refractivity contribution < 1.29 is 10.2 Å². The van der Waals surface area contributed by atoms with Crippen molar-refractivity contribution in [3.63, 3.8) is 0 Å². The van der Waals surface area contributed by atoms with Gasteiger partial charge in [0.2, 0.25) is 0 Å². The second-order valence-electron chi connectivity index (χ2n) is 4.89. The van der Waals surface area contributed by atoms with E-state index in [1.165, 1.54) is 6.20 Å². The molecule has 4 N–H and O–H groups in total. The van der Waals surface area contributed by atoms with Crippen molar-refractivity contribution in [2.75, 3.05) is 5.32 Å². The summed E-state index contributed by atoms with van der Waals surface area (Å²) < 4.78 is 0. The molecule has 0 saturated heterocycles. The number of aromatic nitrogens is 2. The summed E-state index contributed by atoms with van der Waals surface area (Å²) >= 11 is 0. The minimum absolute atomic E-state index is 0.270. The first kappa shape index (κ1) is 15.3. The molecule has 0 saturated carbocycles.